The maximum atomic E-state index is 12.8. The van der Waals surface area contributed by atoms with E-state index in [9.17, 15) is 4.79 Å². The van der Waals surface area contributed by atoms with Crippen molar-refractivity contribution in [1.29, 1.82) is 0 Å². The third kappa shape index (κ3) is 2.74. The molecule has 1 atom stereocenters. The zero-order valence-electron chi connectivity index (χ0n) is 12.2. The molecule has 5 nitrogen and oxygen atoms in total. The SMILES string of the molecule is CCOC[C@@H]1CCCN1C(=O)c1cccc2nccnc12. The fourth-order valence-corrected chi connectivity index (χ4v) is 2.85. The molecule has 0 saturated carbocycles. The molecular weight excluding hydrogens is 266 g/mol. The van der Waals surface area contributed by atoms with Crippen molar-refractivity contribution in [3.05, 3.63) is 36.2 Å². The van der Waals surface area contributed by atoms with Crippen LogP contribution in [-0.4, -0.2) is 46.6 Å². The molecule has 0 aliphatic carbocycles. The van der Waals surface area contributed by atoms with Crippen LogP contribution in [0.1, 0.15) is 30.1 Å². The lowest BCUT2D eigenvalue weighted by Gasteiger charge is -2.24. The van der Waals surface area contributed by atoms with E-state index in [-0.39, 0.29) is 11.9 Å². The summed E-state index contributed by atoms with van der Waals surface area (Å²) in [5, 5.41) is 0. The van der Waals surface area contributed by atoms with Crippen LogP contribution >= 0.6 is 0 Å². The zero-order chi connectivity index (χ0) is 14.7. The summed E-state index contributed by atoms with van der Waals surface area (Å²) in [6.45, 7) is 4.05. The van der Waals surface area contributed by atoms with E-state index >= 15 is 0 Å². The molecule has 1 aliphatic rings. The van der Waals surface area contributed by atoms with Crippen LogP contribution in [0, 0.1) is 0 Å². The third-order valence-corrected chi connectivity index (χ3v) is 3.88. The molecule has 0 spiro atoms. The Kier molecular flexibility index (Phi) is 4.10. The molecule has 2 aromatic rings. The Morgan fingerprint density at radius 2 is 2.24 bits per heavy atom. The first-order valence-corrected chi connectivity index (χ1v) is 7.39. The standard InChI is InChI=1S/C16H19N3O2/c1-2-21-11-12-5-4-10-19(12)16(20)13-6-3-7-14-15(13)18-9-8-17-14/h3,6-9,12H,2,4-5,10-11H2,1H3/t12-/m0/s1. The van der Waals surface area contributed by atoms with E-state index < -0.39 is 0 Å². The minimum absolute atomic E-state index is 0.0308. The van der Waals surface area contributed by atoms with Gasteiger partial charge in [-0.15, -0.1) is 0 Å². The van der Waals surface area contributed by atoms with E-state index in [0.717, 1.165) is 24.9 Å². The van der Waals surface area contributed by atoms with Gasteiger partial charge in [-0.2, -0.15) is 0 Å². The monoisotopic (exact) mass is 285 g/mol. The first kappa shape index (κ1) is 13.9. The minimum Gasteiger partial charge on any atom is -0.380 e. The lowest BCUT2D eigenvalue weighted by atomic mass is 10.1. The number of hydrogen-bond donors (Lipinski definition) is 0. The van der Waals surface area contributed by atoms with Crippen molar-refractivity contribution in [2.24, 2.45) is 0 Å². The Balaban J connectivity index is 1.89. The zero-order valence-corrected chi connectivity index (χ0v) is 12.2. The van der Waals surface area contributed by atoms with Gasteiger partial charge in [0.25, 0.3) is 5.91 Å². The summed E-state index contributed by atoms with van der Waals surface area (Å²) in [5.41, 5.74) is 2.06. The molecular formula is C16H19N3O2. The van der Waals surface area contributed by atoms with Gasteiger partial charge in [0.2, 0.25) is 0 Å². The molecule has 1 aromatic heterocycles. The van der Waals surface area contributed by atoms with E-state index in [0.29, 0.717) is 24.3 Å². The fourth-order valence-electron chi connectivity index (χ4n) is 2.85. The molecule has 1 saturated heterocycles. The van der Waals surface area contributed by atoms with Crippen LogP contribution in [0.25, 0.3) is 11.0 Å². The van der Waals surface area contributed by atoms with E-state index in [2.05, 4.69) is 9.97 Å². The molecule has 0 unspecified atom stereocenters. The number of likely N-dealkylation sites (tertiary alicyclic amines) is 1. The first-order chi connectivity index (χ1) is 10.3. The average Bonchev–Trinajstić information content (AvgIpc) is 3.00. The Hall–Kier alpha value is -2.01. The van der Waals surface area contributed by atoms with Crippen LogP contribution in [0.5, 0.6) is 0 Å². The predicted octanol–water partition coefficient (Wildman–Crippen LogP) is 2.27. The summed E-state index contributed by atoms with van der Waals surface area (Å²) >= 11 is 0. The molecule has 1 fully saturated rings. The van der Waals surface area contributed by atoms with E-state index in [1.807, 2.05) is 30.0 Å². The average molecular weight is 285 g/mol. The Bertz CT molecular complexity index is 639. The summed E-state index contributed by atoms with van der Waals surface area (Å²) in [4.78, 5) is 23.3. The van der Waals surface area contributed by atoms with Crippen molar-refractivity contribution in [2.75, 3.05) is 19.8 Å². The van der Waals surface area contributed by atoms with Crippen LogP contribution in [0.4, 0.5) is 0 Å². The molecule has 0 radical (unpaired) electrons. The van der Waals surface area contributed by atoms with Crippen molar-refractivity contribution >= 4 is 16.9 Å². The second-order valence-corrected chi connectivity index (χ2v) is 5.18. The smallest absolute Gasteiger partial charge is 0.256 e. The number of hydrogen-bond acceptors (Lipinski definition) is 4. The Morgan fingerprint density at radius 1 is 1.38 bits per heavy atom. The number of benzene rings is 1. The van der Waals surface area contributed by atoms with Gasteiger partial charge in [0.1, 0.15) is 5.52 Å². The largest absolute Gasteiger partial charge is 0.380 e. The number of nitrogens with zero attached hydrogens (tertiary/aromatic N) is 3. The quantitative estimate of drug-likeness (QED) is 0.864. The number of para-hydroxylation sites is 1. The molecule has 21 heavy (non-hydrogen) atoms. The van der Waals surface area contributed by atoms with Gasteiger partial charge in [0.15, 0.2) is 0 Å². The molecule has 0 N–H and O–H groups in total. The molecule has 3 rings (SSSR count). The van der Waals surface area contributed by atoms with Crippen molar-refractivity contribution in [3.63, 3.8) is 0 Å². The van der Waals surface area contributed by atoms with Crippen molar-refractivity contribution in [2.45, 2.75) is 25.8 Å². The van der Waals surface area contributed by atoms with Gasteiger partial charge in [-0.3, -0.25) is 14.8 Å². The van der Waals surface area contributed by atoms with Gasteiger partial charge >= 0.3 is 0 Å². The van der Waals surface area contributed by atoms with Gasteiger partial charge in [-0.05, 0) is 31.9 Å². The third-order valence-electron chi connectivity index (χ3n) is 3.88. The molecule has 5 heteroatoms. The maximum Gasteiger partial charge on any atom is 0.256 e. The minimum atomic E-state index is 0.0308. The van der Waals surface area contributed by atoms with Crippen molar-refractivity contribution in [3.8, 4) is 0 Å². The summed E-state index contributed by atoms with van der Waals surface area (Å²) in [5.74, 6) is 0.0308. The highest BCUT2D eigenvalue weighted by Gasteiger charge is 2.30. The molecule has 110 valence electrons. The van der Waals surface area contributed by atoms with Crippen LogP contribution in [0.2, 0.25) is 0 Å². The molecule has 2 heterocycles. The number of carbonyl (C=O) groups is 1. The topological polar surface area (TPSA) is 55.3 Å². The first-order valence-electron chi connectivity index (χ1n) is 7.39. The lowest BCUT2D eigenvalue weighted by Crippen LogP contribution is -2.38. The molecule has 1 aromatic carbocycles. The van der Waals surface area contributed by atoms with Gasteiger partial charge in [0, 0.05) is 25.5 Å². The number of aromatic nitrogens is 2. The van der Waals surface area contributed by atoms with Crippen molar-refractivity contribution < 1.29 is 9.53 Å². The van der Waals surface area contributed by atoms with Gasteiger partial charge in [0.05, 0.1) is 23.7 Å². The van der Waals surface area contributed by atoms with Gasteiger partial charge in [-0.25, -0.2) is 0 Å². The summed E-state index contributed by atoms with van der Waals surface area (Å²) in [6, 6.07) is 5.73. The number of rotatable bonds is 4. The Morgan fingerprint density at radius 3 is 3.10 bits per heavy atom. The highest BCUT2D eigenvalue weighted by atomic mass is 16.5. The lowest BCUT2D eigenvalue weighted by molar-refractivity contribution is 0.0566. The van der Waals surface area contributed by atoms with E-state index in [1.165, 1.54) is 0 Å². The van der Waals surface area contributed by atoms with Crippen LogP contribution in [-0.2, 0) is 4.74 Å². The summed E-state index contributed by atoms with van der Waals surface area (Å²) in [7, 11) is 0. The van der Waals surface area contributed by atoms with Crippen molar-refractivity contribution in [1.82, 2.24) is 14.9 Å². The van der Waals surface area contributed by atoms with Crippen LogP contribution in [0.15, 0.2) is 30.6 Å². The summed E-state index contributed by atoms with van der Waals surface area (Å²) < 4.78 is 5.50. The number of amides is 1. The maximum absolute atomic E-state index is 12.8. The predicted molar refractivity (Wildman–Crippen MR) is 80.1 cm³/mol. The number of ether oxygens (including phenoxy) is 1. The van der Waals surface area contributed by atoms with E-state index in [1.54, 1.807) is 12.4 Å². The normalized spacial score (nSPS) is 18.3. The highest BCUT2D eigenvalue weighted by molar-refractivity contribution is 6.04. The molecule has 1 aliphatic heterocycles. The summed E-state index contributed by atoms with van der Waals surface area (Å²) in [6.07, 6.45) is 5.30. The number of carbonyl (C=O) groups excluding carboxylic acids is 1. The van der Waals surface area contributed by atoms with Crippen LogP contribution < -0.4 is 0 Å². The van der Waals surface area contributed by atoms with Crippen LogP contribution in [0.3, 0.4) is 0 Å². The highest BCUT2D eigenvalue weighted by Crippen LogP contribution is 2.23. The van der Waals surface area contributed by atoms with E-state index in [4.69, 9.17) is 4.74 Å². The Labute approximate surface area is 124 Å². The van der Waals surface area contributed by atoms with Gasteiger partial charge in [-0.1, -0.05) is 6.07 Å². The second kappa shape index (κ2) is 6.18. The number of fused-ring (bicyclic) bond motifs is 1. The van der Waals surface area contributed by atoms with Gasteiger partial charge < -0.3 is 9.64 Å². The fraction of sp³-hybridized carbons (Fsp3) is 0.438. The second-order valence-electron chi connectivity index (χ2n) is 5.18. The molecule has 0 bridgehead atoms. The molecule has 1 amide bonds.